The van der Waals surface area contributed by atoms with Gasteiger partial charge in [-0.3, -0.25) is 4.79 Å². The number of aliphatic hydroxyl groups is 4. The number of nitrogens with one attached hydrogen (secondary N) is 1. The monoisotopic (exact) mass is 479 g/mol. The van der Waals surface area contributed by atoms with Gasteiger partial charge in [0, 0.05) is 23.9 Å². The predicted molar refractivity (Wildman–Crippen MR) is 124 cm³/mol. The van der Waals surface area contributed by atoms with E-state index in [0.717, 1.165) is 32.1 Å². The number of anilines is 1. The number of rotatable bonds is 10. The van der Waals surface area contributed by atoms with Crippen LogP contribution in [0.25, 0.3) is 11.0 Å². The predicted octanol–water partition coefficient (Wildman–Crippen LogP) is 1.58. The molecule has 3 rings (SSSR count). The molecule has 1 aromatic carbocycles. The molecule has 1 amide bonds. The average Bonchev–Trinajstić information content (AvgIpc) is 2.80. The summed E-state index contributed by atoms with van der Waals surface area (Å²) in [6.07, 6.45) is -2.16. The molecule has 1 aliphatic rings. The Morgan fingerprint density at radius 2 is 1.79 bits per heavy atom. The lowest BCUT2D eigenvalue weighted by Crippen LogP contribution is -2.60. The highest BCUT2D eigenvalue weighted by Crippen LogP contribution is 2.34. The highest BCUT2D eigenvalue weighted by Gasteiger charge is 2.45. The molecule has 2 heterocycles. The highest BCUT2D eigenvalue weighted by atomic mass is 16.7. The second kappa shape index (κ2) is 11.8. The van der Waals surface area contributed by atoms with Crippen molar-refractivity contribution >= 4 is 22.6 Å². The quantitative estimate of drug-likeness (QED) is 0.252. The summed E-state index contributed by atoms with van der Waals surface area (Å²) in [4.78, 5) is 24.4. The maximum Gasteiger partial charge on any atom is 0.336 e. The van der Waals surface area contributed by atoms with Crippen molar-refractivity contribution in [3.63, 3.8) is 0 Å². The summed E-state index contributed by atoms with van der Waals surface area (Å²) in [5, 5.41) is 43.2. The van der Waals surface area contributed by atoms with Gasteiger partial charge in [-0.05, 0) is 25.0 Å². The summed E-state index contributed by atoms with van der Waals surface area (Å²) >= 11 is 0. The molecule has 0 unspecified atom stereocenters. The first kappa shape index (κ1) is 26.1. The van der Waals surface area contributed by atoms with Crippen LogP contribution >= 0.6 is 0 Å². The van der Waals surface area contributed by atoms with Gasteiger partial charge in [-0.2, -0.15) is 0 Å². The fraction of sp³-hybridized carbons (Fsp3) is 0.583. The zero-order valence-corrected chi connectivity index (χ0v) is 19.4. The van der Waals surface area contributed by atoms with Crippen molar-refractivity contribution in [2.24, 2.45) is 0 Å². The molecule has 1 aromatic heterocycles. The van der Waals surface area contributed by atoms with E-state index in [-0.39, 0.29) is 22.9 Å². The minimum atomic E-state index is -1.64. The van der Waals surface area contributed by atoms with Crippen LogP contribution in [-0.2, 0) is 9.53 Å². The average molecular weight is 480 g/mol. The molecule has 0 saturated carbocycles. The van der Waals surface area contributed by atoms with Crippen molar-refractivity contribution in [1.82, 2.24) is 0 Å². The second-order valence-corrected chi connectivity index (χ2v) is 8.62. The van der Waals surface area contributed by atoms with E-state index in [9.17, 15) is 30.0 Å². The summed E-state index contributed by atoms with van der Waals surface area (Å²) in [5.74, 6) is -0.200. The van der Waals surface area contributed by atoms with Crippen LogP contribution in [0, 0.1) is 6.92 Å². The van der Waals surface area contributed by atoms with Crippen LogP contribution in [0.5, 0.6) is 5.75 Å². The molecule has 10 nitrogen and oxygen atoms in total. The van der Waals surface area contributed by atoms with Gasteiger partial charge in [-0.25, -0.2) is 4.79 Å². The Morgan fingerprint density at radius 1 is 1.06 bits per heavy atom. The number of carbonyl (C=O) groups excluding carboxylic acids is 1. The number of hydrogen-bond donors (Lipinski definition) is 5. The molecule has 0 bridgehead atoms. The molecule has 34 heavy (non-hydrogen) atoms. The number of fused-ring (bicyclic) bond motifs is 1. The lowest BCUT2D eigenvalue weighted by atomic mass is 9.99. The van der Waals surface area contributed by atoms with E-state index < -0.39 is 42.9 Å². The normalized spacial score (nSPS) is 24.8. The molecular formula is C24H33NO9. The van der Waals surface area contributed by atoms with Gasteiger partial charge in [-0.15, -0.1) is 0 Å². The molecule has 0 aliphatic carbocycles. The summed E-state index contributed by atoms with van der Waals surface area (Å²) in [6.45, 7) is 3.24. The minimum Gasteiger partial charge on any atom is -0.460 e. The fourth-order valence-electron chi connectivity index (χ4n) is 3.93. The van der Waals surface area contributed by atoms with Gasteiger partial charge in [0.1, 0.15) is 35.7 Å². The molecule has 188 valence electrons. The molecule has 5 N–H and O–H groups in total. The van der Waals surface area contributed by atoms with E-state index >= 15 is 0 Å². The summed E-state index contributed by atoms with van der Waals surface area (Å²) in [6, 6.07) is 4.32. The van der Waals surface area contributed by atoms with Gasteiger partial charge in [-0.1, -0.05) is 32.6 Å². The largest absolute Gasteiger partial charge is 0.460 e. The van der Waals surface area contributed by atoms with Crippen molar-refractivity contribution in [3.8, 4) is 5.75 Å². The number of aryl methyl sites for hydroxylation is 1. The molecule has 5 atom stereocenters. The summed E-state index contributed by atoms with van der Waals surface area (Å²) in [5.41, 5.74) is 0.537. The third kappa shape index (κ3) is 6.13. The van der Waals surface area contributed by atoms with Crippen molar-refractivity contribution in [3.05, 3.63) is 34.2 Å². The van der Waals surface area contributed by atoms with Crippen LogP contribution < -0.4 is 15.7 Å². The molecule has 0 spiro atoms. The molecule has 1 saturated heterocycles. The minimum absolute atomic E-state index is 0.0323. The summed E-state index contributed by atoms with van der Waals surface area (Å²) in [7, 11) is 0. The second-order valence-electron chi connectivity index (χ2n) is 8.62. The van der Waals surface area contributed by atoms with Crippen LogP contribution in [0.3, 0.4) is 0 Å². The van der Waals surface area contributed by atoms with Gasteiger partial charge >= 0.3 is 5.63 Å². The lowest BCUT2D eigenvalue weighted by Gasteiger charge is -2.39. The number of ether oxygens (including phenoxy) is 2. The third-order valence-electron chi connectivity index (χ3n) is 5.92. The topological polar surface area (TPSA) is 159 Å². The first-order chi connectivity index (χ1) is 16.2. The summed E-state index contributed by atoms with van der Waals surface area (Å²) < 4.78 is 16.4. The van der Waals surface area contributed by atoms with Crippen LogP contribution in [0.2, 0.25) is 0 Å². The standard InChI is InChI=1S/C24H33NO9/c1-3-4-5-6-7-8-19(27)25-15-10-14-13(2)9-20(28)32-16(14)11-17(15)33-24-23(31)22(30)21(29)18(12-26)34-24/h9-11,18,21-24,26,29-31H,3-8,12H2,1-2H3,(H,25,27)/t18-,21+,22+,23-,24-/m1/s1. The maximum atomic E-state index is 12.6. The number of hydrogen-bond acceptors (Lipinski definition) is 9. The van der Waals surface area contributed by atoms with Crippen molar-refractivity contribution in [1.29, 1.82) is 0 Å². The smallest absolute Gasteiger partial charge is 0.336 e. The molecule has 10 heteroatoms. The van der Waals surface area contributed by atoms with E-state index in [1.54, 1.807) is 13.0 Å². The fourth-order valence-corrected chi connectivity index (χ4v) is 3.93. The van der Waals surface area contributed by atoms with Crippen LogP contribution in [0.15, 0.2) is 27.4 Å². The Kier molecular flexibility index (Phi) is 9.03. The first-order valence-corrected chi connectivity index (χ1v) is 11.6. The number of carbonyl (C=O) groups is 1. The van der Waals surface area contributed by atoms with E-state index in [1.807, 2.05) is 0 Å². The number of benzene rings is 1. The Balaban J connectivity index is 1.87. The van der Waals surface area contributed by atoms with E-state index in [4.69, 9.17) is 13.9 Å². The molecule has 0 radical (unpaired) electrons. The van der Waals surface area contributed by atoms with Gasteiger partial charge in [0.25, 0.3) is 0 Å². The molecule has 1 aliphatic heterocycles. The van der Waals surface area contributed by atoms with E-state index in [1.165, 1.54) is 12.1 Å². The van der Waals surface area contributed by atoms with E-state index in [0.29, 0.717) is 17.4 Å². The zero-order valence-electron chi connectivity index (χ0n) is 19.4. The Labute approximate surface area is 197 Å². The number of amides is 1. The highest BCUT2D eigenvalue weighted by molar-refractivity contribution is 5.96. The van der Waals surface area contributed by atoms with Gasteiger partial charge in [0.2, 0.25) is 12.2 Å². The first-order valence-electron chi connectivity index (χ1n) is 11.6. The maximum absolute atomic E-state index is 12.6. The SMILES string of the molecule is CCCCCCCC(=O)Nc1cc2c(C)cc(=O)oc2cc1O[C@@H]1O[C@H](CO)[C@H](O)[C@H](O)[C@H]1O. The molecular weight excluding hydrogens is 446 g/mol. The van der Waals surface area contributed by atoms with Gasteiger partial charge in [0.05, 0.1) is 12.3 Å². The molecule has 1 fully saturated rings. The number of aliphatic hydroxyl groups excluding tert-OH is 4. The Hall–Kier alpha value is -2.50. The van der Waals surface area contributed by atoms with Gasteiger partial charge in [0.15, 0.2) is 0 Å². The number of unbranched alkanes of at least 4 members (excludes halogenated alkanes) is 4. The van der Waals surface area contributed by atoms with Crippen molar-refractivity contribution in [2.45, 2.75) is 83.1 Å². The lowest BCUT2D eigenvalue weighted by molar-refractivity contribution is -0.277. The Bertz CT molecular complexity index is 1040. The van der Waals surface area contributed by atoms with Gasteiger partial charge < -0.3 is 39.6 Å². The third-order valence-corrected chi connectivity index (χ3v) is 5.92. The van der Waals surface area contributed by atoms with Crippen molar-refractivity contribution < 1.29 is 39.1 Å². The Morgan fingerprint density at radius 3 is 2.50 bits per heavy atom. The van der Waals surface area contributed by atoms with E-state index in [2.05, 4.69) is 12.2 Å². The van der Waals surface area contributed by atoms with Crippen LogP contribution in [0.1, 0.15) is 51.0 Å². The van der Waals surface area contributed by atoms with Crippen LogP contribution in [-0.4, -0.2) is 63.6 Å². The van der Waals surface area contributed by atoms with Crippen LogP contribution in [0.4, 0.5) is 5.69 Å². The van der Waals surface area contributed by atoms with Crippen molar-refractivity contribution in [2.75, 3.05) is 11.9 Å². The molecule has 2 aromatic rings. The zero-order chi connectivity index (χ0) is 24.8.